The minimum Gasteiger partial charge on any atom is -0.116 e. The standard InChI is InChI=1S/C10H5Cl7/c11-4-2-1-9(16,7(4)14)10(17)3(2)5(12)6(13)8(10)15/h2-3,5H,1H2. The smallest absolute Gasteiger partial charge is 0.111 e. The SMILES string of the molecule is ClC1=C(Cl)C2(Cl)C(C1Cl)C1CC2(Cl)C(Cl)=C1Cl. The number of hydrogen-bond donors (Lipinski definition) is 0. The normalized spacial score (nSPS) is 52.8. The summed E-state index contributed by atoms with van der Waals surface area (Å²) < 4.78 is 0. The lowest BCUT2D eigenvalue weighted by Gasteiger charge is -2.39. The van der Waals surface area contributed by atoms with Gasteiger partial charge in [-0.25, -0.2) is 0 Å². The van der Waals surface area contributed by atoms with E-state index in [-0.39, 0.29) is 11.8 Å². The number of hydrogen-bond acceptors (Lipinski definition) is 0. The van der Waals surface area contributed by atoms with E-state index in [1.54, 1.807) is 0 Å². The van der Waals surface area contributed by atoms with Crippen molar-refractivity contribution in [1.29, 1.82) is 0 Å². The molecule has 0 radical (unpaired) electrons. The molecular formula is C10H5Cl7. The highest BCUT2D eigenvalue weighted by Gasteiger charge is 2.75. The third-order valence-corrected chi connectivity index (χ3v) is 8.35. The fourth-order valence-corrected chi connectivity index (χ4v) is 6.40. The fraction of sp³-hybridized carbons (Fsp3) is 0.600. The molecule has 1 fully saturated rings. The van der Waals surface area contributed by atoms with Gasteiger partial charge in [0.25, 0.3) is 0 Å². The Kier molecular flexibility index (Phi) is 3.00. The molecule has 0 nitrogen and oxygen atoms in total. The summed E-state index contributed by atoms with van der Waals surface area (Å²) in [7, 11) is 0. The summed E-state index contributed by atoms with van der Waals surface area (Å²) in [4.78, 5) is -2.04. The second kappa shape index (κ2) is 3.79. The molecule has 0 aromatic rings. The monoisotopic (exact) mass is 370 g/mol. The van der Waals surface area contributed by atoms with Gasteiger partial charge in [-0.2, -0.15) is 0 Å². The van der Waals surface area contributed by atoms with Crippen molar-refractivity contribution in [3.63, 3.8) is 0 Å². The van der Waals surface area contributed by atoms with Crippen LogP contribution in [0.5, 0.6) is 0 Å². The molecule has 0 N–H and O–H groups in total. The molecule has 3 rings (SSSR count). The van der Waals surface area contributed by atoms with Crippen LogP contribution in [0.15, 0.2) is 20.1 Å². The topological polar surface area (TPSA) is 0 Å². The minimum absolute atomic E-state index is 0.0772. The van der Waals surface area contributed by atoms with Crippen molar-refractivity contribution in [1.82, 2.24) is 0 Å². The maximum Gasteiger partial charge on any atom is 0.111 e. The Bertz CT molecular complexity index is 481. The lowest BCUT2D eigenvalue weighted by Crippen LogP contribution is -2.47. The van der Waals surface area contributed by atoms with Crippen LogP contribution in [0.4, 0.5) is 0 Å². The summed E-state index contributed by atoms with van der Waals surface area (Å²) in [6.45, 7) is 0. The van der Waals surface area contributed by atoms with E-state index in [0.29, 0.717) is 26.5 Å². The van der Waals surface area contributed by atoms with Gasteiger partial charge in [0.2, 0.25) is 0 Å². The van der Waals surface area contributed by atoms with E-state index in [2.05, 4.69) is 0 Å². The lowest BCUT2D eigenvalue weighted by atomic mass is 9.83. The van der Waals surface area contributed by atoms with Crippen molar-refractivity contribution in [2.45, 2.75) is 21.5 Å². The minimum atomic E-state index is -1.04. The van der Waals surface area contributed by atoms with E-state index in [1.807, 2.05) is 0 Å². The van der Waals surface area contributed by atoms with Crippen LogP contribution >= 0.6 is 81.2 Å². The van der Waals surface area contributed by atoms with E-state index < -0.39 is 15.1 Å². The summed E-state index contributed by atoms with van der Waals surface area (Å²) in [6, 6.07) is 0. The van der Waals surface area contributed by atoms with Crippen LogP contribution in [-0.4, -0.2) is 15.1 Å². The number of allylic oxidation sites excluding steroid dienone is 4. The molecule has 0 aromatic heterocycles. The van der Waals surface area contributed by atoms with Crippen LogP contribution < -0.4 is 0 Å². The van der Waals surface area contributed by atoms with Gasteiger partial charge < -0.3 is 0 Å². The van der Waals surface area contributed by atoms with Crippen LogP contribution in [0.3, 0.4) is 0 Å². The van der Waals surface area contributed by atoms with Gasteiger partial charge in [-0.05, 0) is 6.42 Å². The Morgan fingerprint density at radius 3 is 2.12 bits per heavy atom. The molecule has 0 saturated heterocycles. The second-order valence-electron chi connectivity index (χ2n) is 4.57. The summed E-state index contributed by atoms with van der Waals surface area (Å²) in [6.07, 6.45) is 0.546. The average Bonchev–Trinajstić information content (AvgIpc) is 2.73. The predicted octanol–water partition coefficient (Wildman–Crippen LogP) is 5.59. The van der Waals surface area contributed by atoms with Gasteiger partial charge in [0, 0.05) is 16.9 Å². The molecule has 3 aliphatic rings. The van der Waals surface area contributed by atoms with Gasteiger partial charge in [0.15, 0.2) is 0 Å². The molecule has 0 spiro atoms. The van der Waals surface area contributed by atoms with Gasteiger partial charge >= 0.3 is 0 Å². The van der Waals surface area contributed by atoms with Crippen molar-refractivity contribution in [3.05, 3.63) is 20.1 Å². The van der Waals surface area contributed by atoms with Gasteiger partial charge in [0.05, 0.1) is 20.5 Å². The van der Waals surface area contributed by atoms with Gasteiger partial charge in [0.1, 0.15) is 9.75 Å². The summed E-state index contributed by atoms with van der Waals surface area (Å²) in [5.74, 6) is -0.287. The zero-order chi connectivity index (χ0) is 12.7. The summed E-state index contributed by atoms with van der Waals surface area (Å²) in [5, 5.41) is 1.07. The van der Waals surface area contributed by atoms with Crippen LogP contribution in [0.1, 0.15) is 6.42 Å². The Morgan fingerprint density at radius 2 is 1.53 bits per heavy atom. The first-order valence-corrected chi connectivity index (χ1v) is 7.60. The van der Waals surface area contributed by atoms with Crippen molar-refractivity contribution >= 4 is 81.2 Å². The number of alkyl halides is 3. The molecule has 94 valence electrons. The molecule has 17 heavy (non-hydrogen) atoms. The Balaban J connectivity index is 2.26. The van der Waals surface area contributed by atoms with E-state index in [0.717, 1.165) is 0 Å². The highest BCUT2D eigenvalue weighted by atomic mass is 35.5. The molecule has 0 aromatic carbocycles. The number of rotatable bonds is 0. The van der Waals surface area contributed by atoms with Crippen LogP contribution in [0, 0.1) is 11.8 Å². The van der Waals surface area contributed by atoms with Gasteiger partial charge in [-0.15, -0.1) is 34.8 Å². The Hall–Kier alpha value is 1.51. The Morgan fingerprint density at radius 1 is 0.941 bits per heavy atom. The second-order valence-corrected chi connectivity index (χ2v) is 7.86. The Labute approximate surface area is 134 Å². The number of halogens is 7. The molecule has 3 aliphatic carbocycles. The molecule has 2 bridgehead atoms. The van der Waals surface area contributed by atoms with Crippen molar-refractivity contribution in [2.75, 3.05) is 0 Å². The van der Waals surface area contributed by atoms with Crippen molar-refractivity contribution in [2.24, 2.45) is 11.8 Å². The predicted molar refractivity (Wildman–Crippen MR) is 75.9 cm³/mol. The first-order valence-electron chi connectivity index (χ1n) is 4.90. The highest BCUT2D eigenvalue weighted by molar-refractivity contribution is 6.55. The first kappa shape index (κ1) is 13.5. The zero-order valence-electron chi connectivity index (χ0n) is 8.08. The van der Waals surface area contributed by atoms with E-state index in [9.17, 15) is 0 Å². The molecule has 0 heterocycles. The maximum atomic E-state index is 6.64. The van der Waals surface area contributed by atoms with E-state index in [1.165, 1.54) is 0 Å². The van der Waals surface area contributed by atoms with Gasteiger partial charge in [-0.1, -0.05) is 46.4 Å². The summed E-state index contributed by atoms with van der Waals surface area (Å²) in [5.41, 5.74) is 0. The molecule has 5 atom stereocenters. The highest BCUT2D eigenvalue weighted by Crippen LogP contribution is 2.74. The lowest BCUT2D eigenvalue weighted by molar-refractivity contribution is 0.422. The molecular weight excluding hydrogens is 368 g/mol. The third kappa shape index (κ3) is 1.27. The van der Waals surface area contributed by atoms with Crippen molar-refractivity contribution < 1.29 is 0 Å². The quantitative estimate of drug-likeness (QED) is 0.486. The van der Waals surface area contributed by atoms with E-state index in [4.69, 9.17) is 81.2 Å². The van der Waals surface area contributed by atoms with Crippen molar-refractivity contribution in [3.8, 4) is 0 Å². The third-order valence-electron chi connectivity index (χ3n) is 3.94. The summed E-state index contributed by atoms with van der Waals surface area (Å²) >= 11 is 44.2. The zero-order valence-corrected chi connectivity index (χ0v) is 13.4. The first-order chi connectivity index (χ1) is 7.76. The fourth-order valence-electron chi connectivity index (χ4n) is 3.15. The molecule has 7 heteroatoms. The van der Waals surface area contributed by atoms with Crippen LogP contribution in [-0.2, 0) is 0 Å². The molecule has 5 unspecified atom stereocenters. The molecule has 1 saturated carbocycles. The van der Waals surface area contributed by atoms with Gasteiger partial charge in [-0.3, -0.25) is 0 Å². The molecule has 0 aliphatic heterocycles. The number of fused-ring (bicyclic) bond motifs is 5. The van der Waals surface area contributed by atoms with Crippen LogP contribution in [0.25, 0.3) is 0 Å². The van der Waals surface area contributed by atoms with Crippen LogP contribution in [0.2, 0.25) is 0 Å². The largest absolute Gasteiger partial charge is 0.116 e. The maximum absolute atomic E-state index is 6.64. The average molecular weight is 373 g/mol. The van der Waals surface area contributed by atoms with E-state index >= 15 is 0 Å². The molecule has 0 amide bonds.